The average Bonchev–Trinajstić information content (AvgIpc) is 2.55. The van der Waals surface area contributed by atoms with E-state index in [9.17, 15) is 4.79 Å². The molecule has 2 rings (SSSR count). The van der Waals surface area contributed by atoms with E-state index in [0.717, 1.165) is 25.6 Å². The lowest BCUT2D eigenvalue weighted by Crippen LogP contribution is -2.35. The number of aryl methyl sites for hydroxylation is 1. The number of rotatable bonds is 8. The van der Waals surface area contributed by atoms with Gasteiger partial charge in [0.15, 0.2) is 5.78 Å². The number of piperidine rings is 1. The van der Waals surface area contributed by atoms with Crippen molar-refractivity contribution in [3.05, 3.63) is 48.6 Å². The minimum Gasteiger partial charge on any atom is -0.303 e. The van der Waals surface area contributed by atoms with Crippen molar-refractivity contribution in [1.82, 2.24) is 4.90 Å². The summed E-state index contributed by atoms with van der Waals surface area (Å²) >= 11 is 0. The van der Waals surface area contributed by atoms with Crippen LogP contribution in [0.25, 0.3) is 0 Å². The third-order valence-corrected chi connectivity index (χ3v) is 4.53. The molecule has 2 heteroatoms. The van der Waals surface area contributed by atoms with E-state index in [1.54, 1.807) is 0 Å². The molecule has 1 aliphatic heterocycles. The van der Waals surface area contributed by atoms with Gasteiger partial charge in [-0.15, -0.1) is 0 Å². The highest BCUT2D eigenvalue weighted by atomic mass is 16.1. The van der Waals surface area contributed by atoms with Crippen LogP contribution >= 0.6 is 0 Å². The molecule has 0 saturated carbocycles. The zero-order chi connectivity index (χ0) is 14.9. The summed E-state index contributed by atoms with van der Waals surface area (Å²) in [5.74, 6) is 1.04. The Balaban J connectivity index is 1.58. The van der Waals surface area contributed by atoms with E-state index in [2.05, 4.69) is 41.8 Å². The Morgan fingerprint density at radius 1 is 1.24 bits per heavy atom. The molecule has 0 spiro atoms. The van der Waals surface area contributed by atoms with Gasteiger partial charge in [-0.25, -0.2) is 0 Å². The van der Waals surface area contributed by atoms with Gasteiger partial charge in [0.05, 0.1) is 0 Å². The molecule has 21 heavy (non-hydrogen) atoms. The van der Waals surface area contributed by atoms with Crippen LogP contribution in [0.2, 0.25) is 0 Å². The predicted molar refractivity (Wildman–Crippen MR) is 88.4 cm³/mol. The highest BCUT2D eigenvalue weighted by molar-refractivity contribution is 5.89. The normalized spacial score (nSPS) is 16.8. The van der Waals surface area contributed by atoms with Crippen LogP contribution in [0.15, 0.2) is 43.0 Å². The van der Waals surface area contributed by atoms with E-state index in [1.165, 1.54) is 43.7 Å². The summed E-state index contributed by atoms with van der Waals surface area (Å²) in [6, 6.07) is 10.8. The van der Waals surface area contributed by atoms with Crippen LogP contribution in [0, 0.1) is 5.92 Å². The first-order valence-electron chi connectivity index (χ1n) is 8.19. The van der Waals surface area contributed by atoms with Crippen LogP contribution in [-0.4, -0.2) is 30.3 Å². The minimum absolute atomic E-state index is 0.167. The van der Waals surface area contributed by atoms with Crippen molar-refractivity contribution in [3.63, 3.8) is 0 Å². The lowest BCUT2D eigenvalue weighted by molar-refractivity contribution is -0.115. The van der Waals surface area contributed by atoms with Crippen LogP contribution in [0.3, 0.4) is 0 Å². The van der Waals surface area contributed by atoms with Gasteiger partial charge in [0.25, 0.3) is 0 Å². The highest BCUT2D eigenvalue weighted by Crippen LogP contribution is 2.22. The Hall–Kier alpha value is -1.41. The van der Waals surface area contributed by atoms with Gasteiger partial charge in [0.1, 0.15) is 0 Å². The number of benzene rings is 1. The van der Waals surface area contributed by atoms with Gasteiger partial charge < -0.3 is 4.90 Å². The number of carbonyl (C=O) groups is 1. The Labute approximate surface area is 128 Å². The van der Waals surface area contributed by atoms with E-state index >= 15 is 0 Å². The molecule has 0 aromatic heterocycles. The van der Waals surface area contributed by atoms with Gasteiger partial charge in [-0.1, -0.05) is 43.3 Å². The molecule has 1 aromatic carbocycles. The number of likely N-dealkylation sites (tertiary alicyclic amines) is 1. The fourth-order valence-corrected chi connectivity index (χ4v) is 3.11. The fourth-order valence-electron chi connectivity index (χ4n) is 3.11. The number of carbonyl (C=O) groups excluding carboxylic acids is 1. The Morgan fingerprint density at radius 2 is 1.95 bits per heavy atom. The molecule has 0 aliphatic carbocycles. The van der Waals surface area contributed by atoms with Crippen molar-refractivity contribution < 1.29 is 4.79 Å². The quantitative estimate of drug-likeness (QED) is 0.676. The summed E-state index contributed by atoms with van der Waals surface area (Å²) in [4.78, 5) is 13.7. The second-order valence-electron chi connectivity index (χ2n) is 6.08. The molecule has 1 aromatic rings. The summed E-state index contributed by atoms with van der Waals surface area (Å²) in [7, 11) is 0. The molecular weight excluding hydrogens is 258 g/mol. The SMILES string of the molecule is C=CC(=O)CCN1CCC(CCCc2ccccc2)CC1. The zero-order valence-corrected chi connectivity index (χ0v) is 13.0. The maximum atomic E-state index is 11.3. The Kier molecular flexibility index (Phi) is 6.68. The molecular formula is C19H27NO. The van der Waals surface area contributed by atoms with E-state index in [1.807, 2.05) is 0 Å². The highest BCUT2D eigenvalue weighted by Gasteiger charge is 2.18. The fraction of sp³-hybridized carbons (Fsp3) is 0.526. The van der Waals surface area contributed by atoms with Crippen LogP contribution in [0.5, 0.6) is 0 Å². The number of hydrogen-bond donors (Lipinski definition) is 0. The van der Waals surface area contributed by atoms with E-state index < -0.39 is 0 Å². The number of allylic oxidation sites excluding steroid dienone is 1. The van der Waals surface area contributed by atoms with Gasteiger partial charge in [-0.2, -0.15) is 0 Å². The molecule has 1 saturated heterocycles. The van der Waals surface area contributed by atoms with Gasteiger partial charge >= 0.3 is 0 Å². The number of ketones is 1. The van der Waals surface area contributed by atoms with Gasteiger partial charge in [-0.3, -0.25) is 4.79 Å². The Bertz CT molecular complexity index is 432. The summed E-state index contributed by atoms with van der Waals surface area (Å²) < 4.78 is 0. The van der Waals surface area contributed by atoms with Crippen molar-refractivity contribution in [2.24, 2.45) is 5.92 Å². The molecule has 2 nitrogen and oxygen atoms in total. The molecule has 1 aliphatic rings. The first kappa shape index (κ1) is 16.0. The third kappa shape index (κ3) is 5.84. The second kappa shape index (κ2) is 8.78. The van der Waals surface area contributed by atoms with Crippen LogP contribution < -0.4 is 0 Å². The largest absolute Gasteiger partial charge is 0.303 e. The maximum absolute atomic E-state index is 11.3. The van der Waals surface area contributed by atoms with Crippen LogP contribution in [0.4, 0.5) is 0 Å². The molecule has 0 atom stereocenters. The lowest BCUT2D eigenvalue weighted by Gasteiger charge is -2.31. The molecule has 1 heterocycles. The second-order valence-corrected chi connectivity index (χ2v) is 6.08. The Morgan fingerprint density at radius 3 is 2.62 bits per heavy atom. The number of hydrogen-bond acceptors (Lipinski definition) is 2. The van der Waals surface area contributed by atoms with Crippen molar-refractivity contribution in [3.8, 4) is 0 Å². The third-order valence-electron chi connectivity index (χ3n) is 4.53. The molecule has 0 amide bonds. The average molecular weight is 285 g/mol. The topological polar surface area (TPSA) is 20.3 Å². The van der Waals surface area contributed by atoms with Crippen molar-refractivity contribution >= 4 is 5.78 Å². The molecule has 0 unspecified atom stereocenters. The van der Waals surface area contributed by atoms with Crippen LogP contribution in [0.1, 0.15) is 37.7 Å². The van der Waals surface area contributed by atoms with E-state index in [4.69, 9.17) is 0 Å². The standard InChI is InChI=1S/C19H27NO/c1-2-19(21)13-16-20-14-11-18(12-15-20)10-6-9-17-7-4-3-5-8-17/h2-5,7-8,18H,1,6,9-16H2. The monoisotopic (exact) mass is 285 g/mol. The summed E-state index contributed by atoms with van der Waals surface area (Å²) in [5.41, 5.74) is 1.46. The zero-order valence-electron chi connectivity index (χ0n) is 13.0. The van der Waals surface area contributed by atoms with Crippen LogP contribution in [-0.2, 0) is 11.2 Å². The minimum atomic E-state index is 0.167. The van der Waals surface area contributed by atoms with Gasteiger partial charge in [-0.05, 0) is 56.3 Å². The molecule has 0 N–H and O–H groups in total. The van der Waals surface area contributed by atoms with Crippen molar-refractivity contribution in [1.29, 1.82) is 0 Å². The molecule has 0 bridgehead atoms. The number of nitrogens with zero attached hydrogens (tertiary/aromatic N) is 1. The smallest absolute Gasteiger partial charge is 0.156 e. The van der Waals surface area contributed by atoms with Gasteiger partial charge in [0.2, 0.25) is 0 Å². The van der Waals surface area contributed by atoms with Crippen molar-refractivity contribution in [2.45, 2.75) is 38.5 Å². The van der Waals surface area contributed by atoms with E-state index in [-0.39, 0.29) is 5.78 Å². The summed E-state index contributed by atoms with van der Waals surface area (Å²) in [6.07, 6.45) is 8.49. The summed E-state index contributed by atoms with van der Waals surface area (Å²) in [6.45, 7) is 6.74. The van der Waals surface area contributed by atoms with Crippen molar-refractivity contribution in [2.75, 3.05) is 19.6 Å². The van der Waals surface area contributed by atoms with E-state index in [0.29, 0.717) is 6.42 Å². The first-order valence-corrected chi connectivity index (χ1v) is 8.19. The van der Waals surface area contributed by atoms with Gasteiger partial charge in [0, 0.05) is 13.0 Å². The maximum Gasteiger partial charge on any atom is 0.156 e. The summed E-state index contributed by atoms with van der Waals surface area (Å²) in [5, 5.41) is 0. The molecule has 114 valence electrons. The molecule has 0 radical (unpaired) electrons. The first-order chi connectivity index (χ1) is 10.3. The molecule has 1 fully saturated rings. The predicted octanol–water partition coefficient (Wildman–Crippen LogP) is 3.87. The lowest BCUT2D eigenvalue weighted by atomic mass is 9.90.